The van der Waals surface area contributed by atoms with E-state index in [1.54, 1.807) is 0 Å². The topological polar surface area (TPSA) is 81.7 Å². The summed E-state index contributed by atoms with van der Waals surface area (Å²) >= 11 is 0. The number of hydrogen-bond acceptors (Lipinski definition) is 5. The van der Waals surface area contributed by atoms with E-state index in [0.29, 0.717) is 0 Å². The summed E-state index contributed by atoms with van der Waals surface area (Å²) in [7, 11) is -3.08. The van der Waals surface area contributed by atoms with Gasteiger partial charge < -0.3 is 19.7 Å². The van der Waals surface area contributed by atoms with Gasteiger partial charge in [0.15, 0.2) is 0 Å². The van der Waals surface area contributed by atoms with E-state index in [0.717, 1.165) is 0 Å². The van der Waals surface area contributed by atoms with E-state index in [-0.39, 0.29) is 59.1 Å². The average molecular weight is 218 g/mol. The molecule has 0 bridgehead atoms. The molecule has 64 valence electrons. The van der Waals surface area contributed by atoms with Gasteiger partial charge in [0.25, 0.3) is 0 Å². The summed E-state index contributed by atoms with van der Waals surface area (Å²) in [5.74, 6) is -2.74. The number of carbonyl (C=O) groups is 1. The van der Waals surface area contributed by atoms with E-state index < -0.39 is 19.5 Å². The normalized spacial score (nSPS) is 9.31. The van der Waals surface area contributed by atoms with Crippen LogP contribution in [0.4, 0.5) is 13.2 Å². The maximum Gasteiger partial charge on any atom is 1.00 e. The third-order valence-corrected chi connectivity index (χ3v) is 0.434. The predicted octanol–water partition coefficient (Wildman–Crippen LogP) is -8.26. The fourth-order valence-corrected chi connectivity index (χ4v) is 0.130. The molecule has 0 aliphatic rings. The van der Waals surface area contributed by atoms with Crippen LogP contribution in [0.1, 0.15) is 0 Å². The van der Waals surface area contributed by atoms with Crippen molar-refractivity contribution in [2.45, 2.75) is 6.18 Å². The minimum Gasteiger partial charge on any atom is -0.867 e. The molecule has 5 nitrogen and oxygen atoms in total. The smallest absolute Gasteiger partial charge is 0.867 e. The van der Waals surface area contributed by atoms with E-state index in [4.69, 9.17) is 0 Å². The van der Waals surface area contributed by atoms with Crippen LogP contribution in [0.2, 0.25) is 0 Å². The Bertz CT molecular complexity index is 151. The van der Waals surface area contributed by atoms with E-state index in [9.17, 15) is 28.0 Å². The number of halogens is 3. The molecule has 0 aromatic heterocycles. The summed E-state index contributed by atoms with van der Waals surface area (Å²) < 4.78 is 33.4. The van der Waals surface area contributed by atoms with Crippen LogP contribution in [0.15, 0.2) is 0 Å². The Morgan fingerprint density at radius 2 is 1.62 bits per heavy atom. The Kier molecular flexibility index (Phi) is 12.9. The Balaban J connectivity index is -0.000000500. The van der Waals surface area contributed by atoms with Gasteiger partial charge in [-0.25, -0.2) is 4.79 Å². The molecular weight excluding hydrogens is 218 g/mol. The van der Waals surface area contributed by atoms with Crippen molar-refractivity contribution in [3.63, 3.8) is 0 Å². The summed E-state index contributed by atoms with van der Waals surface area (Å²) in [6.45, 7) is 0. The summed E-state index contributed by atoms with van der Waals surface area (Å²) in [6, 6.07) is 0. The fourth-order valence-electron chi connectivity index (χ4n) is 0.130. The van der Waals surface area contributed by atoms with Crippen LogP contribution in [0, 0.1) is 0 Å². The number of rotatable bonds is 2. The molecule has 0 rings (SSSR count). The SMILES string of the molecule is O=C(OOB([O-])[O-])C(F)(F)F.[Na+].[Na+]. The zero-order valence-corrected chi connectivity index (χ0v) is 10.8. The molecule has 0 saturated carbocycles. The summed E-state index contributed by atoms with van der Waals surface area (Å²) in [6.07, 6.45) is -5.27. The van der Waals surface area contributed by atoms with Crippen molar-refractivity contribution in [3.8, 4) is 0 Å². The quantitative estimate of drug-likeness (QED) is 0.261. The first-order valence-corrected chi connectivity index (χ1v) is 2.10. The molecule has 11 heteroatoms. The van der Waals surface area contributed by atoms with Gasteiger partial charge in [0, 0.05) is 0 Å². The molecule has 0 aliphatic carbocycles. The van der Waals surface area contributed by atoms with Crippen molar-refractivity contribution < 1.29 is 96.8 Å². The first-order chi connectivity index (χ1) is 4.84. The molecule has 0 aliphatic heterocycles. The Morgan fingerprint density at radius 1 is 1.23 bits per heavy atom. The Labute approximate surface area is 115 Å². The molecule has 0 atom stereocenters. The van der Waals surface area contributed by atoms with E-state index in [1.807, 2.05) is 0 Å². The first-order valence-electron chi connectivity index (χ1n) is 2.10. The molecule has 0 aromatic rings. The van der Waals surface area contributed by atoms with Crippen LogP contribution in [-0.2, 0) is 14.5 Å². The Hall–Kier alpha value is 1.20. The van der Waals surface area contributed by atoms with Crippen LogP contribution >= 0.6 is 0 Å². The van der Waals surface area contributed by atoms with Crippen molar-refractivity contribution >= 4 is 13.3 Å². The van der Waals surface area contributed by atoms with Crippen molar-refractivity contribution in [1.29, 1.82) is 0 Å². The van der Waals surface area contributed by atoms with Gasteiger partial charge in [0.2, 0.25) is 0 Å². The summed E-state index contributed by atoms with van der Waals surface area (Å²) in [5, 5.41) is 18.7. The van der Waals surface area contributed by atoms with E-state index in [2.05, 4.69) is 9.69 Å². The second-order valence-electron chi connectivity index (χ2n) is 1.25. The molecule has 0 radical (unpaired) electrons. The third kappa shape index (κ3) is 11.1. The molecule has 0 heterocycles. The van der Waals surface area contributed by atoms with Gasteiger partial charge in [-0.05, 0) is 0 Å². The van der Waals surface area contributed by atoms with E-state index in [1.165, 1.54) is 0 Å². The minimum atomic E-state index is -5.27. The van der Waals surface area contributed by atoms with E-state index >= 15 is 0 Å². The Morgan fingerprint density at radius 3 is 1.85 bits per heavy atom. The van der Waals surface area contributed by atoms with Gasteiger partial charge in [-0.1, -0.05) is 0 Å². The third-order valence-electron chi connectivity index (χ3n) is 0.434. The standard InChI is InChI=1S/C2BF3O5.2Na/c4-2(5,6)1(7)10-11-3(8)9;;/q-2;2*+1. The van der Waals surface area contributed by atoms with Gasteiger partial charge >= 0.3 is 71.3 Å². The summed E-state index contributed by atoms with van der Waals surface area (Å²) in [4.78, 5) is 15.2. The first kappa shape index (κ1) is 19.7. The average Bonchev–Trinajstić information content (AvgIpc) is 1.80. The number of hydrogen-bond donors (Lipinski definition) is 0. The van der Waals surface area contributed by atoms with Crippen LogP contribution in [0.25, 0.3) is 0 Å². The van der Waals surface area contributed by atoms with Crippen molar-refractivity contribution in [3.05, 3.63) is 0 Å². The molecular formula is C2BF3Na2O5. The molecule has 0 amide bonds. The number of alkyl halides is 3. The van der Waals surface area contributed by atoms with Gasteiger partial charge in [-0.3, -0.25) is 0 Å². The van der Waals surface area contributed by atoms with Crippen molar-refractivity contribution in [2.24, 2.45) is 0 Å². The van der Waals surface area contributed by atoms with Crippen molar-refractivity contribution in [1.82, 2.24) is 0 Å². The molecule has 0 unspecified atom stereocenters. The van der Waals surface area contributed by atoms with Crippen LogP contribution < -0.4 is 69.2 Å². The maximum atomic E-state index is 11.1. The zero-order valence-electron chi connectivity index (χ0n) is 6.75. The number of carbonyl (C=O) groups excluding carboxylic acids is 1. The van der Waals surface area contributed by atoms with Gasteiger partial charge in [0.05, 0.1) is 0 Å². The largest absolute Gasteiger partial charge is 1.00 e. The monoisotopic (exact) mass is 218 g/mol. The zero-order chi connectivity index (χ0) is 9.07. The fraction of sp³-hybridized carbons (Fsp3) is 0.500. The second-order valence-corrected chi connectivity index (χ2v) is 1.25. The van der Waals surface area contributed by atoms with Crippen LogP contribution in [0.5, 0.6) is 0 Å². The van der Waals surface area contributed by atoms with Gasteiger partial charge in [-0.15, -0.1) is 0 Å². The molecule has 0 N–H and O–H groups in total. The molecule has 0 spiro atoms. The second kappa shape index (κ2) is 8.51. The molecule has 0 fully saturated rings. The van der Waals surface area contributed by atoms with Gasteiger partial charge in [-0.2, -0.15) is 13.2 Å². The summed E-state index contributed by atoms with van der Waals surface area (Å²) in [5.41, 5.74) is 0. The van der Waals surface area contributed by atoms with Crippen LogP contribution in [-0.4, -0.2) is 19.5 Å². The van der Waals surface area contributed by atoms with Crippen LogP contribution in [0.3, 0.4) is 0 Å². The predicted molar refractivity (Wildman–Crippen MR) is 19.0 cm³/mol. The molecule has 0 aromatic carbocycles. The molecule has 0 saturated heterocycles. The molecule has 13 heavy (non-hydrogen) atoms. The van der Waals surface area contributed by atoms with Crippen molar-refractivity contribution in [2.75, 3.05) is 0 Å². The van der Waals surface area contributed by atoms with Gasteiger partial charge in [0.1, 0.15) is 7.32 Å². The minimum absolute atomic E-state index is 0. The maximum absolute atomic E-state index is 11.1.